The second kappa shape index (κ2) is 6.51. The summed E-state index contributed by atoms with van der Waals surface area (Å²) in [7, 11) is 0. The maximum Gasteiger partial charge on any atom is 0.230 e. The van der Waals surface area contributed by atoms with Crippen molar-refractivity contribution in [3.05, 3.63) is 0 Å². The van der Waals surface area contributed by atoms with Gasteiger partial charge in [-0.3, -0.25) is 4.79 Å². The number of nitrogens with zero attached hydrogens (tertiary/aromatic N) is 1. The van der Waals surface area contributed by atoms with Crippen molar-refractivity contribution in [1.29, 1.82) is 5.26 Å². The highest BCUT2D eigenvalue weighted by Crippen LogP contribution is 2.28. The van der Waals surface area contributed by atoms with Crippen LogP contribution < -0.4 is 0 Å². The fraction of sp³-hybridized carbons (Fsp3) is 0.750. The maximum atomic E-state index is 11.6. The summed E-state index contributed by atoms with van der Waals surface area (Å²) in [4.78, 5) is 11.6. The second-order valence-corrected chi connectivity index (χ2v) is 5.74. The molecule has 0 aliphatic rings. The molecule has 0 saturated heterocycles. The van der Waals surface area contributed by atoms with E-state index in [1.54, 1.807) is 19.9 Å². The Kier molecular flexibility index (Phi) is 6.53. The number of nitriles is 1. The lowest BCUT2D eigenvalue weighted by atomic mass is 10.3. The number of alkyl halides is 2. The molecule has 6 heteroatoms. The average molecular weight is 329 g/mol. The van der Waals surface area contributed by atoms with Crippen LogP contribution in [0.3, 0.4) is 0 Å². The summed E-state index contributed by atoms with van der Waals surface area (Å²) >= 11 is 5.87. The third kappa shape index (κ3) is 4.05. The molecule has 14 heavy (non-hydrogen) atoms. The van der Waals surface area contributed by atoms with Crippen molar-refractivity contribution in [2.24, 2.45) is 0 Å². The van der Waals surface area contributed by atoms with Gasteiger partial charge in [0.05, 0.1) is 0 Å². The Bertz CT molecular complexity index is 231. The fourth-order valence-corrected chi connectivity index (χ4v) is 1.08. The van der Waals surface area contributed by atoms with Gasteiger partial charge in [-0.2, -0.15) is 5.26 Å². The average Bonchev–Trinajstić information content (AvgIpc) is 2.16. The van der Waals surface area contributed by atoms with Crippen LogP contribution in [0.1, 0.15) is 13.8 Å². The van der Waals surface area contributed by atoms with Crippen LogP contribution in [0.4, 0.5) is 0 Å². The predicted molar refractivity (Wildman–Crippen MR) is 58.2 cm³/mol. The minimum Gasteiger partial charge on any atom is -0.346 e. The van der Waals surface area contributed by atoms with E-state index < -0.39 is 15.3 Å². The van der Waals surface area contributed by atoms with E-state index in [-0.39, 0.29) is 0 Å². The van der Waals surface area contributed by atoms with Crippen LogP contribution in [0, 0.1) is 11.3 Å². The van der Waals surface area contributed by atoms with Crippen molar-refractivity contribution in [2.75, 3.05) is 13.2 Å². The maximum absolute atomic E-state index is 11.6. The molecule has 0 aromatic heterocycles. The Morgan fingerprint density at radius 3 is 2.14 bits per heavy atom. The Labute approximate surface area is 99.8 Å². The van der Waals surface area contributed by atoms with Crippen molar-refractivity contribution < 1.29 is 14.3 Å². The number of carbonyl (C=O) groups is 1. The van der Waals surface area contributed by atoms with Gasteiger partial charge < -0.3 is 9.47 Å². The topological polar surface area (TPSA) is 59.3 Å². The summed E-state index contributed by atoms with van der Waals surface area (Å²) in [6.45, 7) is 4.18. The van der Waals surface area contributed by atoms with E-state index >= 15 is 0 Å². The van der Waals surface area contributed by atoms with E-state index in [0.29, 0.717) is 13.2 Å². The monoisotopic (exact) mass is 327 g/mol. The Morgan fingerprint density at radius 1 is 1.43 bits per heavy atom. The molecule has 0 spiro atoms. The number of hydrogen-bond acceptors (Lipinski definition) is 4. The quantitative estimate of drug-likeness (QED) is 0.552. The number of Topliss-reactive ketones (excluding diaryl/α,β-unsaturated/α-hetero) is 1. The van der Waals surface area contributed by atoms with Gasteiger partial charge in [0.2, 0.25) is 15.3 Å². The number of ketones is 1. The first-order valence-electron chi connectivity index (χ1n) is 4.06. The first kappa shape index (κ1) is 14.0. The highest BCUT2D eigenvalue weighted by Gasteiger charge is 2.38. The van der Waals surface area contributed by atoms with Gasteiger partial charge in [0.25, 0.3) is 0 Å². The molecule has 0 amide bonds. The van der Waals surface area contributed by atoms with Crippen molar-refractivity contribution in [2.45, 2.75) is 23.4 Å². The Hall–Kier alpha value is 0.0400. The molecule has 0 heterocycles. The number of halogens is 2. The van der Waals surface area contributed by atoms with Crippen LogP contribution >= 0.6 is 31.9 Å². The highest BCUT2D eigenvalue weighted by molar-refractivity contribution is 9.26. The predicted octanol–water partition coefficient (Wildman–Crippen LogP) is 1.96. The molecule has 0 radical (unpaired) electrons. The van der Waals surface area contributed by atoms with Gasteiger partial charge in [-0.15, -0.1) is 0 Å². The van der Waals surface area contributed by atoms with E-state index in [1.165, 1.54) is 0 Å². The molecule has 0 bridgehead atoms. The lowest BCUT2D eigenvalue weighted by molar-refractivity contribution is -0.166. The van der Waals surface area contributed by atoms with Gasteiger partial charge >= 0.3 is 0 Å². The van der Waals surface area contributed by atoms with E-state index in [9.17, 15) is 4.79 Å². The van der Waals surface area contributed by atoms with Crippen molar-refractivity contribution in [1.82, 2.24) is 0 Å². The summed E-state index contributed by atoms with van der Waals surface area (Å²) < 4.78 is 8.66. The molecular formula is C8H11Br2NO3. The van der Waals surface area contributed by atoms with Crippen molar-refractivity contribution in [3.63, 3.8) is 0 Å². The SMILES string of the molecule is CCOC(OCC)C(=O)C(Br)(Br)C#N. The molecule has 0 aliphatic carbocycles. The van der Waals surface area contributed by atoms with E-state index in [1.807, 2.05) is 0 Å². The third-order valence-corrected chi connectivity index (χ3v) is 2.44. The van der Waals surface area contributed by atoms with Crippen LogP contribution in [0.2, 0.25) is 0 Å². The van der Waals surface area contributed by atoms with E-state index in [4.69, 9.17) is 14.7 Å². The van der Waals surface area contributed by atoms with Crippen LogP contribution in [0.5, 0.6) is 0 Å². The van der Waals surface area contributed by atoms with Gasteiger partial charge in [-0.05, 0) is 45.7 Å². The summed E-state index contributed by atoms with van der Waals surface area (Å²) in [5.41, 5.74) is 0. The number of hydrogen-bond donors (Lipinski definition) is 0. The summed E-state index contributed by atoms with van der Waals surface area (Å²) in [6, 6.07) is 1.76. The molecule has 0 N–H and O–H groups in total. The molecule has 0 rings (SSSR count). The normalized spacial score (nSPS) is 11.4. The van der Waals surface area contributed by atoms with E-state index in [0.717, 1.165) is 0 Å². The third-order valence-electron chi connectivity index (χ3n) is 1.30. The van der Waals surface area contributed by atoms with Gasteiger partial charge in [0.15, 0.2) is 0 Å². The molecule has 80 valence electrons. The van der Waals surface area contributed by atoms with Gasteiger partial charge in [0, 0.05) is 13.2 Å². The second-order valence-electron chi connectivity index (χ2n) is 2.29. The number of rotatable bonds is 6. The highest BCUT2D eigenvalue weighted by atomic mass is 79.9. The zero-order valence-electron chi connectivity index (χ0n) is 7.92. The molecular weight excluding hydrogens is 318 g/mol. The lowest BCUT2D eigenvalue weighted by Gasteiger charge is -2.19. The van der Waals surface area contributed by atoms with Crippen LogP contribution in [-0.2, 0) is 14.3 Å². The molecule has 0 fully saturated rings. The smallest absolute Gasteiger partial charge is 0.230 e. The Balaban J connectivity index is 4.52. The Morgan fingerprint density at radius 2 is 1.86 bits per heavy atom. The first-order chi connectivity index (χ1) is 6.49. The standard InChI is InChI=1S/C8H11Br2NO3/c1-3-13-7(14-4-2)6(12)8(9,10)5-11/h7H,3-4H2,1-2H3. The zero-order valence-corrected chi connectivity index (χ0v) is 11.1. The van der Waals surface area contributed by atoms with Gasteiger partial charge in [0.1, 0.15) is 6.07 Å². The summed E-state index contributed by atoms with van der Waals surface area (Å²) in [6.07, 6.45) is -1.01. The summed E-state index contributed by atoms with van der Waals surface area (Å²) in [5.74, 6) is -0.497. The molecule has 0 atom stereocenters. The van der Waals surface area contributed by atoms with Crippen LogP contribution in [0.15, 0.2) is 0 Å². The largest absolute Gasteiger partial charge is 0.346 e. The molecule has 0 aromatic rings. The fourth-order valence-electron chi connectivity index (χ4n) is 0.705. The van der Waals surface area contributed by atoms with E-state index in [2.05, 4.69) is 31.9 Å². The minimum atomic E-state index is -1.44. The lowest BCUT2D eigenvalue weighted by Crippen LogP contribution is -2.38. The van der Waals surface area contributed by atoms with Crippen molar-refractivity contribution in [3.8, 4) is 6.07 Å². The molecule has 0 saturated carbocycles. The molecule has 0 aliphatic heterocycles. The van der Waals surface area contributed by atoms with Crippen LogP contribution in [0.25, 0.3) is 0 Å². The summed E-state index contributed by atoms with van der Waals surface area (Å²) in [5, 5.41) is 8.67. The molecule has 4 nitrogen and oxygen atoms in total. The number of ether oxygens (including phenoxy) is 2. The van der Waals surface area contributed by atoms with Crippen molar-refractivity contribution >= 4 is 37.6 Å². The number of carbonyl (C=O) groups excluding carboxylic acids is 1. The zero-order chi connectivity index (χ0) is 11.2. The van der Waals surface area contributed by atoms with Crippen LogP contribution in [-0.4, -0.2) is 28.5 Å². The minimum absolute atomic E-state index is 0.345. The van der Waals surface area contributed by atoms with Gasteiger partial charge in [-0.25, -0.2) is 0 Å². The van der Waals surface area contributed by atoms with Gasteiger partial charge in [-0.1, -0.05) is 0 Å². The molecule has 0 aromatic carbocycles. The first-order valence-corrected chi connectivity index (χ1v) is 5.64. The molecule has 0 unspecified atom stereocenters.